The Balaban J connectivity index is 0.00000133. The summed E-state index contributed by atoms with van der Waals surface area (Å²) in [5, 5.41) is 0. The molecule has 1 aromatic carbocycles. The van der Waals surface area contributed by atoms with Crippen LogP contribution in [0.4, 0.5) is 0 Å². The van der Waals surface area contributed by atoms with E-state index in [4.69, 9.17) is 0 Å². The van der Waals surface area contributed by atoms with Crippen molar-refractivity contribution in [3.8, 4) is 0 Å². The highest BCUT2D eigenvalue weighted by Gasteiger charge is 2.34. The summed E-state index contributed by atoms with van der Waals surface area (Å²) < 4.78 is 0. The van der Waals surface area contributed by atoms with Gasteiger partial charge in [0.05, 0.1) is 5.57 Å². The molecule has 3 nitrogen and oxygen atoms in total. The van der Waals surface area contributed by atoms with Gasteiger partial charge in [-0.2, -0.15) is 0 Å². The summed E-state index contributed by atoms with van der Waals surface area (Å²) in [6, 6.07) is 6.95. The fourth-order valence-electron chi connectivity index (χ4n) is 2.18. The third kappa shape index (κ3) is 2.16. The molecule has 0 aromatic heterocycles. The minimum atomic E-state index is -0.176. The molecule has 0 fully saturated rings. The highest BCUT2D eigenvalue weighted by atomic mass is 127. The summed E-state index contributed by atoms with van der Waals surface area (Å²) in [5.41, 5.74) is 1.97. The Morgan fingerprint density at radius 2 is 1.37 bits per heavy atom. The number of carbonyl (C=O) groups is 2. The zero-order valence-corrected chi connectivity index (χ0v) is 12.4. The molecule has 1 aromatic rings. The molecule has 0 atom stereocenters. The van der Waals surface area contributed by atoms with Crippen LogP contribution >= 0.6 is 0 Å². The van der Waals surface area contributed by atoms with Crippen molar-refractivity contribution in [3.63, 3.8) is 0 Å². The molecule has 4 heteroatoms. The van der Waals surface area contributed by atoms with Crippen LogP contribution in [0.1, 0.15) is 20.7 Å². The number of benzene rings is 1. The van der Waals surface area contributed by atoms with Crippen LogP contribution in [-0.2, 0) is 0 Å². The quantitative estimate of drug-likeness (QED) is 0.349. The normalized spacial score (nSPS) is 16.8. The Kier molecular flexibility index (Phi) is 3.71. The molecule has 1 heterocycles. The van der Waals surface area contributed by atoms with Gasteiger partial charge in [-0.15, -0.1) is 0 Å². The lowest BCUT2D eigenvalue weighted by Gasteiger charge is -2.12. The third-order valence-electron chi connectivity index (χ3n) is 3.14. The lowest BCUT2D eigenvalue weighted by atomic mass is 10.0. The van der Waals surface area contributed by atoms with E-state index in [-0.39, 0.29) is 41.1 Å². The van der Waals surface area contributed by atoms with Crippen LogP contribution in [0.25, 0.3) is 0 Å². The first-order valence-electron chi connectivity index (χ1n) is 5.69. The average Bonchev–Trinajstić information content (AvgIpc) is 2.64. The summed E-state index contributed by atoms with van der Waals surface area (Å²) in [5.74, 6) is -0.353. The zero-order valence-electron chi connectivity index (χ0n) is 10.3. The number of allylic oxidation sites excluding steroid dienone is 4. The molecule has 1 aliphatic carbocycles. The Morgan fingerprint density at radius 3 is 1.84 bits per heavy atom. The van der Waals surface area contributed by atoms with Crippen molar-refractivity contribution in [1.82, 2.24) is 4.90 Å². The van der Waals surface area contributed by atoms with E-state index in [1.807, 2.05) is 24.3 Å². The van der Waals surface area contributed by atoms with Crippen LogP contribution in [-0.4, -0.2) is 23.5 Å². The van der Waals surface area contributed by atoms with Crippen LogP contribution in [0.2, 0.25) is 0 Å². The number of carbonyl (C=O) groups excluding carboxylic acids is 2. The van der Waals surface area contributed by atoms with E-state index >= 15 is 0 Å². The summed E-state index contributed by atoms with van der Waals surface area (Å²) in [4.78, 5) is 26.3. The molecule has 0 bridgehead atoms. The SMILES string of the molecule is CN1C=CC(=C2C(=O)c3ccccc3C2=O)C=C1.[I-]. The fraction of sp³-hybridized carbons (Fsp3) is 0.0667. The van der Waals surface area contributed by atoms with Crippen LogP contribution in [0.5, 0.6) is 0 Å². The van der Waals surface area contributed by atoms with Crippen LogP contribution in [0.15, 0.2) is 60.0 Å². The number of ketones is 2. The molecule has 1 aliphatic heterocycles. The predicted molar refractivity (Wildman–Crippen MR) is 68.2 cm³/mol. The summed E-state index contributed by atoms with van der Waals surface area (Å²) >= 11 is 0. The number of halogens is 1. The van der Waals surface area contributed by atoms with E-state index in [9.17, 15) is 9.59 Å². The lowest BCUT2D eigenvalue weighted by molar-refractivity contribution is -0.0000190. The molecule has 19 heavy (non-hydrogen) atoms. The van der Waals surface area contributed by atoms with Crippen molar-refractivity contribution >= 4 is 11.6 Å². The molecule has 0 unspecified atom stereocenters. The van der Waals surface area contributed by atoms with Crippen molar-refractivity contribution in [2.24, 2.45) is 0 Å². The average molecular weight is 364 g/mol. The van der Waals surface area contributed by atoms with Gasteiger partial charge in [0.2, 0.25) is 0 Å². The van der Waals surface area contributed by atoms with Gasteiger partial charge in [-0.05, 0) is 17.7 Å². The second-order valence-electron chi connectivity index (χ2n) is 4.33. The van der Waals surface area contributed by atoms with Gasteiger partial charge in [-0.3, -0.25) is 9.59 Å². The highest BCUT2D eigenvalue weighted by Crippen LogP contribution is 2.29. The van der Waals surface area contributed by atoms with Crippen molar-refractivity contribution in [2.75, 3.05) is 7.05 Å². The van der Waals surface area contributed by atoms with Gasteiger partial charge in [0, 0.05) is 30.6 Å². The van der Waals surface area contributed by atoms with Crippen molar-refractivity contribution in [2.45, 2.75) is 0 Å². The van der Waals surface area contributed by atoms with Crippen molar-refractivity contribution < 1.29 is 33.6 Å². The minimum Gasteiger partial charge on any atom is -1.00 e. The topological polar surface area (TPSA) is 37.4 Å². The summed E-state index contributed by atoms with van der Waals surface area (Å²) in [6.07, 6.45) is 7.23. The molecule has 96 valence electrons. The van der Waals surface area contributed by atoms with E-state index in [1.54, 1.807) is 36.4 Å². The zero-order chi connectivity index (χ0) is 12.7. The standard InChI is InChI=1S/C15H11NO2.HI/c1-16-8-6-10(7-9-16)13-14(17)11-4-2-3-5-12(11)15(13)18;/h2-9H,1H3;1H/p-1. The van der Waals surface area contributed by atoms with Crippen LogP contribution in [0, 0.1) is 0 Å². The summed E-state index contributed by atoms with van der Waals surface area (Å²) in [7, 11) is 1.89. The minimum absolute atomic E-state index is 0. The second-order valence-corrected chi connectivity index (χ2v) is 4.33. The first-order valence-corrected chi connectivity index (χ1v) is 5.69. The van der Waals surface area contributed by atoms with Crippen molar-refractivity contribution in [1.29, 1.82) is 0 Å². The molecular formula is C15H11INO2-. The summed E-state index contributed by atoms with van der Waals surface area (Å²) in [6.45, 7) is 0. The molecule has 0 saturated heterocycles. The van der Waals surface area contributed by atoms with Gasteiger partial charge in [0.15, 0.2) is 11.6 Å². The molecule has 0 radical (unpaired) electrons. The van der Waals surface area contributed by atoms with E-state index < -0.39 is 0 Å². The van der Waals surface area contributed by atoms with Gasteiger partial charge < -0.3 is 28.9 Å². The van der Waals surface area contributed by atoms with Gasteiger partial charge in [0.1, 0.15) is 0 Å². The maximum Gasteiger partial charge on any atom is 0.198 e. The maximum atomic E-state index is 12.2. The monoisotopic (exact) mass is 364 g/mol. The highest BCUT2D eigenvalue weighted by molar-refractivity contribution is 6.40. The van der Waals surface area contributed by atoms with Gasteiger partial charge in [-0.25, -0.2) is 0 Å². The molecule has 2 aliphatic rings. The van der Waals surface area contributed by atoms with Crippen LogP contribution in [0.3, 0.4) is 0 Å². The Labute approximate surface area is 128 Å². The molecule has 0 spiro atoms. The molecule has 0 amide bonds. The van der Waals surface area contributed by atoms with E-state index in [1.165, 1.54) is 0 Å². The van der Waals surface area contributed by atoms with Crippen molar-refractivity contribution in [3.05, 3.63) is 71.1 Å². The number of hydrogen-bond donors (Lipinski definition) is 0. The number of hydrogen-bond acceptors (Lipinski definition) is 3. The first-order chi connectivity index (χ1) is 8.68. The lowest BCUT2D eigenvalue weighted by Crippen LogP contribution is -3.00. The molecule has 0 N–H and O–H groups in total. The Morgan fingerprint density at radius 1 is 0.895 bits per heavy atom. The first kappa shape index (κ1) is 13.7. The number of fused-ring (bicyclic) bond motifs is 1. The molecule has 0 saturated carbocycles. The van der Waals surface area contributed by atoms with Gasteiger partial charge in [0.25, 0.3) is 0 Å². The van der Waals surface area contributed by atoms with Gasteiger partial charge in [-0.1, -0.05) is 24.3 Å². The van der Waals surface area contributed by atoms with E-state index in [0.29, 0.717) is 16.7 Å². The van der Waals surface area contributed by atoms with Gasteiger partial charge >= 0.3 is 0 Å². The molecular weight excluding hydrogens is 353 g/mol. The Bertz CT molecular complexity index is 603. The fourth-order valence-corrected chi connectivity index (χ4v) is 2.18. The largest absolute Gasteiger partial charge is 1.00 e. The number of Topliss-reactive ketones (excluding diaryl/α,β-unsaturated/α-hetero) is 2. The van der Waals surface area contributed by atoms with E-state index in [0.717, 1.165) is 0 Å². The Hall–Kier alpha value is -1.69. The molecule has 3 rings (SSSR count). The van der Waals surface area contributed by atoms with Crippen LogP contribution < -0.4 is 24.0 Å². The number of nitrogens with zero attached hydrogens (tertiary/aromatic N) is 1. The smallest absolute Gasteiger partial charge is 0.198 e. The second kappa shape index (κ2) is 5.13. The third-order valence-corrected chi connectivity index (χ3v) is 3.14. The number of rotatable bonds is 0. The predicted octanol–water partition coefficient (Wildman–Crippen LogP) is -0.661. The van der Waals surface area contributed by atoms with E-state index in [2.05, 4.69) is 0 Å². The maximum absolute atomic E-state index is 12.2.